The third kappa shape index (κ3) is 2.54. The minimum Gasteiger partial charge on any atom is -0.497 e. The monoisotopic (exact) mass is 221 g/mol. The van der Waals surface area contributed by atoms with Crippen molar-refractivity contribution < 1.29 is 9.47 Å². The summed E-state index contributed by atoms with van der Waals surface area (Å²) < 4.78 is 10.4. The molecule has 1 aromatic carbocycles. The van der Waals surface area contributed by atoms with Gasteiger partial charge in [0.1, 0.15) is 5.75 Å². The second kappa shape index (κ2) is 5.32. The van der Waals surface area contributed by atoms with Crippen molar-refractivity contribution in [2.75, 3.05) is 27.4 Å². The average molecular weight is 221 g/mol. The van der Waals surface area contributed by atoms with Crippen LogP contribution in [0.25, 0.3) is 0 Å². The second-order valence-corrected chi connectivity index (χ2v) is 4.29. The molecule has 1 heterocycles. The summed E-state index contributed by atoms with van der Waals surface area (Å²) in [6, 6.07) is 8.71. The summed E-state index contributed by atoms with van der Waals surface area (Å²) in [6.07, 6.45) is 1.14. The fourth-order valence-electron chi connectivity index (χ4n) is 2.28. The van der Waals surface area contributed by atoms with E-state index in [0.717, 1.165) is 25.3 Å². The van der Waals surface area contributed by atoms with Crippen LogP contribution in [-0.2, 0) is 4.74 Å². The van der Waals surface area contributed by atoms with E-state index in [0.29, 0.717) is 12.0 Å². The molecule has 1 N–H and O–H groups in total. The van der Waals surface area contributed by atoms with Crippen LogP contribution in [0, 0.1) is 5.92 Å². The molecule has 16 heavy (non-hydrogen) atoms. The van der Waals surface area contributed by atoms with Gasteiger partial charge in [-0.2, -0.15) is 0 Å². The minimum absolute atomic E-state index is 0.440. The van der Waals surface area contributed by atoms with Crippen molar-refractivity contribution >= 4 is 0 Å². The molecule has 1 aromatic rings. The number of rotatable bonds is 4. The Bertz CT molecular complexity index is 340. The molecule has 1 aliphatic rings. The first-order valence-electron chi connectivity index (χ1n) is 5.69. The Hall–Kier alpha value is -1.06. The molecule has 2 unspecified atom stereocenters. The van der Waals surface area contributed by atoms with Gasteiger partial charge in [0.15, 0.2) is 0 Å². The molecular formula is C13H19NO2. The predicted molar refractivity (Wildman–Crippen MR) is 63.7 cm³/mol. The second-order valence-electron chi connectivity index (χ2n) is 4.29. The Morgan fingerprint density at radius 3 is 3.00 bits per heavy atom. The van der Waals surface area contributed by atoms with E-state index in [1.165, 1.54) is 5.56 Å². The van der Waals surface area contributed by atoms with E-state index in [4.69, 9.17) is 9.47 Å². The zero-order valence-corrected chi connectivity index (χ0v) is 9.90. The Morgan fingerprint density at radius 2 is 2.25 bits per heavy atom. The van der Waals surface area contributed by atoms with Crippen molar-refractivity contribution in [2.45, 2.75) is 12.5 Å². The fraction of sp³-hybridized carbons (Fsp3) is 0.538. The van der Waals surface area contributed by atoms with Crippen LogP contribution in [0.2, 0.25) is 0 Å². The van der Waals surface area contributed by atoms with E-state index < -0.39 is 0 Å². The van der Waals surface area contributed by atoms with Crippen LogP contribution in [0.1, 0.15) is 18.0 Å². The van der Waals surface area contributed by atoms with Gasteiger partial charge in [-0.15, -0.1) is 0 Å². The lowest BCUT2D eigenvalue weighted by molar-refractivity contribution is 0.159. The van der Waals surface area contributed by atoms with E-state index in [2.05, 4.69) is 17.4 Å². The lowest BCUT2D eigenvalue weighted by atomic mass is 10.0. The van der Waals surface area contributed by atoms with Gasteiger partial charge in [-0.05, 0) is 30.0 Å². The van der Waals surface area contributed by atoms with Gasteiger partial charge in [-0.25, -0.2) is 0 Å². The van der Waals surface area contributed by atoms with Crippen LogP contribution >= 0.6 is 0 Å². The van der Waals surface area contributed by atoms with Gasteiger partial charge in [-0.3, -0.25) is 0 Å². The minimum atomic E-state index is 0.440. The van der Waals surface area contributed by atoms with Gasteiger partial charge in [0, 0.05) is 19.7 Å². The van der Waals surface area contributed by atoms with Crippen LogP contribution in [0.3, 0.4) is 0 Å². The first-order valence-corrected chi connectivity index (χ1v) is 5.69. The van der Waals surface area contributed by atoms with E-state index in [9.17, 15) is 0 Å². The van der Waals surface area contributed by atoms with Crippen molar-refractivity contribution in [1.29, 1.82) is 0 Å². The van der Waals surface area contributed by atoms with Crippen LogP contribution in [-0.4, -0.2) is 27.4 Å². The van der Waals surface area contributed by atoms with Crippen molar-refractivity contribution in [3.05, 3.63) is 29.8 Å². The van der Waals surface area contributed by atoms with Crippen LogP contribution < -0.4 is 10.1 Å². The summed E-state index contributed by atoms with van der Waals surface area (Å²) in [7, 11) is 3.47. The highest BCUT2D eigenvalue weighted by Gasteiger charge is 2.25. The molecule has 0 spiro atoms. The maximum absolute atomic E-state index is 5.24. The fourth-order valence-corrected chi connectivity index (χ4v) is 2.28. The summed E-state index contributed by atoms with van der Waals surface area (Å²) in [5.74, 6) is 1.55. The van der Waals surface area contributed by atoms with Crippen molar-refractivity contribution in [1.82, 2.24) is 5.32 Å². The van der Waals surface area contributed by atoms with E-state index in [1.54, 1.807) is 14.2 Å². The Labute approximate surface area is 96.8 Å². The molecule has 1 saturated heterocycles. The number of methoxy groups -OCH3 is 2. The van der Waals surface area contributed by atoms with Crippen molar-refractivity contribution in [3.63, 3.8) is 0 Å². The van der Waals surface area contributed by atoms with Gasteiger partial charge in [-0.1, -0.05) is 12.1 Å². The maximum atomic E-state index is 5.24. The Morgan fingerprint density at radius 1 is 1.38 bits per heavy atom. The largest absolute Gasteiger partial charge is 0.497 e. The van der Waals surface area contributed by atoms with E-state index in [-0.39, 0.29) is 0 Å². The molecule has 88 valence electrons. The quantitative estimate of drug-likeness (QED) is 0.843. The van der Waals surface area contributed by atoms with Crippen LogP contribution in [0.15, 0.2) is 24.3 Å². The third-order valence-corrected chi connectivity index (χ3v) is 3.12. The lowest BCUT2D eigenvalue weighted by Gasteiger charge is -2.12. The Kier molecular flexibility index (Phi) is 3.80. The summed E-state index contributed by atoms with van der Waals surface area (Å²) in [4.78, 5) is 0. The first-order chi connectivity index (χ1) is 7.83. The highest BCUT2D eigenvalue weighted by atomic mass is 16.5. The highest BCUT2D eigenvalue weighted by molar-refractivity contribution is 5.31. The Balaban J connectivity index is 2.02. The third-order valence-electron chi connectivity index (χ3n) is 3.12. The summed E-state index contributed by atoms with van der Waals surface area (Å²) >= 11 is 0. The standard InChI is InChI=1S/C13H19NO2/c1-15-9-10-6-13(14-8-10)11-4-3-5-12(7-11)16-2/h3-5,7,10,13-14H,6,8-9H2,1-2H3. The molecular weight excluding hydrogens is 202 g/mol. The normalized spacial score (nSPS) is 24.6. The van der Waals surface area contributed by atoms with Crippen molar-refractivity contribution in [2.24, 2.45) is 5.92 Å². The zero-order chi connectivity index (χ0) is 11.4. The van der Waals surface area contributed by atoms with Gasteiger partial charge >= 0.3 is 0 Å². The maximum Gasteiger partial charge on any atom is 0.119 e. The molecule has 2 atom stereocenters. The SMILES string of the molecule is COCC1CNC(c2cccc(OC)c2)C1. The number of ether oxygens (including phenoxy) is 2. The molecule has 0 amide bonds. The van der Waals surface area contributed by atoms with E-state index >= 15 is 0 Å². The summed E-state index contributed by atoms with van der Waals surface area (Å²) in [5, 5.41) is 3.52. The lowest BCUT2D eigenvalue weighted by Crippen LogP contribution is -2.15. The van der Waals surface area contributed by atoms with Gasteiger partial charge in [0.25, 0.3) is 0 Å². The van der Waals surface area contributed by atoms with Crippen molar-refractivity contribution in [3.8, 4) is 5.75 Å². The molecule has 0 aromatic heterocycles. The molecule has 3 nitrogen and oxygen atoms in total. The molecule has 3 heteroatoms. The van der Waals surface area contributed by atoms with E-state index in [1.807, 2.05) is 12.1 Å². The molecule has 0 radical (unpaired) electrons. The number of nitrogens with one attached hydrogen (secondary N) is 1. The molecule has 0 aliphatic carbocycles. The average Bonchev–Trinajstić information content (AvgIpc) is 2.78. The summed E-state index contributed by atoms with van der Waals surface area (Å²) in [6.45, 7) is 1.88. The number of benzene rings is 1. The van der Waals surface area contributed by atoms with Crippen LogP contribution in [0.5, 0.6) is 5.75 Å². The predicted octanol–water partition coefficient (Wildman–Crippen LogP) is 1.99. The highest BCUT2D eigenvalue weighted by Crippen LogP contribution is 2.29. The molecule has 0 saturated carbocycles. The van der Waals surface area contributed by atoms with Gasteiger partial charge in [0.05, 0.1) is 13.7 Å². The first kappa shape index (κ1) is 11.4. The number of hydrogen-bond donors (Lipinski definition) is 1. The smallest absolute Gasteiger partial charge is 0.119 e. The molecule has 1 fully saturated rings. The topological polar surface area (TPSA) is 30.5 Å². The molecule has 0 bridgehead atoms. The number of hydrogen-bond acceptors (Lipinski definition) is 3. The van der Waals surface area contributed by atoms with Crippen LogP contribution in [0.4, 0.5) is 0 Å². The van der Waals surface area contributed by atoms with Gasteiger partial charge < -0.3 is 14.8 Å². The molecule has 1 aliphatic heterocycles. The summed E-state index contributed by atoms with van der Waals surface area (Å²) in [5.41, 5.74) is 1.30. The van der Waals surface area contributed by atoms with Gasteiger partial charge in [0.2, 0.25) is 0 Å². The zero-order valence-electron chi connectivity index (χ0n) is 9.90. The molecule has 2 rings (SSSR count).